The molecule has 0 heterocycles. The molecule has 0 saturated carbocycles. The van der Waals surface area contributed by atoms with Gasteiger partial charge in [-0.15, -0.1) is 0 Å². The van der Waals surface area contributed by atoms with Crippen molar-refractivity contribution in [1.29, 1.82) is 0 Å². The Morgan fingerprint density at radius 3 is 2.47 bits per heavy atom. The van der Waals surface area contributed by atoms with Gasteiger partial charge in [-0.25, -0.2) is 0 Å². The fourth-order valence-electron chi connectivity index (χ4n) is 2.13. The third-order valence-electron chi connectivity index (χ3n) is 3.17. The largest absolute Gasteiger partial charge is 0.492 e. The third-order valence-corrected chi connectivity index (χ3v) is 3.79. The van der Waals surface area contributed by atoms with Gasteiger partial charge in [0.15, 0.2) is 0 Å². The zero-order valence-corrected chi connectivity index (χ0v) is 13.4. The number of rotatable bonds is 8. The van der Waals surface area contributed by atoms with Crippen LogP contribution in [0.25, 0.3) is 0 Å². The van der Waals surface area contributed by atoms with E-state index in [0.717, 1.165) is 12.0 Å². The molecule has 0 saturated heterocycles. The van der Waals surface area contributed by atoms with E-state index in [2.05, 4.69) is 12.2 Å². The van der Waals surface area contributed by atoms with Gasteiger partial charge in [-0.05, 0) is 32.0 Å². The van der Waals surface area contributed by atoms with Crippen molar-refractivity contribution in [2.24, 2.45) is 0 Å². The van der Waals surface area contributed by atoms with Gasteiger partial charge < -0.3 is 10.1 Å². The lowest BCUT2D eigenvalue weighted by atomic mass is 10.0. The van der Waals surface area contributed by atoms with Gasteiger partial charge in [-0.1, -0.05) is 49.4 Å². The zero-order valence-electron chi connectivity index (χ0n) is 11.9. The molecular formula is C15H23Cl2NO. The van der Waals surface area contributed by atoms with Crippen LogP contribution in [0.5, 0.6) is 5.75 Å². The lowest BCUT2D eigenvalue weighted by molar-refractivity contribution is 0.340. The van der Waals surface area contributed by atoms with Crippen LogP contribution in [0.3, 0.4) is 0 Å². The van der Waals surface area contributed by atoms with Crippen molar-refractivity contribution in [2.45, 2.75) is 45.6 Å². The average molecular weight is 304 g/mol. The second-order valence-electron chi connectivity index (χ2n) is 4.57. The van der Waals surface area contributed by atoms with E-state index in [4.69, 9.17) is 27.9 Å². The number of hydrogen-bond acceptors (Lipinski definition) is 2. The fourth-order valence-corrected chi connectivity index (χ4v) is 2.64. The fraction of sp³-hybridized carbons (Fsp3) is 0.600. The van der Waals surface area contributed by atoms with E-state index in [1.54, 1.807) is 0 Å². The number of unbranched alkanes of at least 4 members (excludes halogenated alkanes) is 2. The zero-order chi connectivity index (χ0) is 14.3. The van der Waals surface area contributed by atoms with Crippen LogP contribution in [0.1, 0.15) is 51.1 Å². The first-order valence-electron chi connectivity index (χ1n) is 6.93. The summed E-state index contributed by atoms with van der Waals surface area (Å²) in [4.78, 5) is 0. The van der Waals surface area contributed by atoms with E-state index in [9.17, 15) is 0 Å². The van der Waals surface area contributed by atoms with Crippen molar-refractivity contribution in [3.8, 4) is 5.75 Å². The first kappa shape index (κ1) is 16.6. The standard InChI is InChI=1S/C15H23Cl2NO/c1-4-6-7-8-14(18-3)11-9-13(17)15(19-5-2)10-12(11)16/h9-10,14,18H,4-8H2,1-3H3. The molecule has 1 aromatic rings. The van der Waals surface area contributed by atoms with Gasteiger partial charge in [-0.2, -0.15) is 0 Å². The van der Waals surface area contributed by atoms with Crippen molar-refractivity contribution >= 4 is 23.2 Å². The van der Waals surface area contributed by atoms with Crippen LogP contribution in [0.4, 0.5) is 0 Å². The van der Waals surface area contributed by atoms with Gasteiger partial charge >= 0.3 is 0 Å². The van der Waals surface area contributed by atoms with Gasteiger partial charge in [0.2, 0.25) is 0 Å². The molecule has 2 nitrogen and oxygen atoms in total. The Balaban J connectivity index is 2.88. The summed E-state index contributed by atoms with van der Waals surface area (Å²) in [6, 6.07) is 3.97. The SMILES string of the molecule is CCCCCC(NC)c1cc(Cl)c(OCC)cc1Cl. The number of ether oxygens (including phenoxy) is 1. The molecule has 0 aliphatic carbocycles. The number of benzene rings is 1. The Bertz CT molecular complexity index is 396. The Morgan fingerprint density at radius 1 is 1.16 bits per heavy atom. The summed E-state index contributed by atoms with van der Waals surface area (Å²) in [7, 11) is 1.96. The highest BCUT2D eigenvalue weighted by Gasteiger charge is 2.15. The van der Waals surface area contributed by atoms with Gasteiger partial charge in [0.05, 0.1) is 11.6 Å². The summed E-state index contributed by atoms with van der Waals surface area (Å²) < 4.78 is 5.45. The third kappa shape index (κ3) is 4.87. The summed E-state index contributed by atoms with van der Waals surface area (Å²) in [6.45, 7) is 4.72. The minimum absolute atomic E-state index is 0.243. The molecule has 1 atom stereocenters. The minimum atomic E-state index is 0.243. The molecule has 1 N–H and O–H groups in total. The molecule has 0 bridgehead atoms. The van der Waals surface area contributed by atoms with Crippen LogP contribution in [-0.4, -0.2) is 13.7 Å². The quantitative estimate of drug-likeness (QED) is 0.664. The van der Waals surface area contributed by atoms with Crippen LogP contribution in [0.15, 0.2) is 12.1 Å². The summed E-state index contributed by atoms with van der Waals surface area (Å²) in [5, 5.41) is 4.65. The molecule has 0 aromatic heterocycles. The molecule has 108 valence electrons. The summed E-state index contributed by atoms with van der Waals surface area (Å²) in [6.07, 6.45) is 4.70. The Morgan fingerprint density at radius 2 is 1.89 bits per heavy atom. The maximum atomic E-state index is 6.34. The molecule has 0 spiro atoms. The molecule has 0 amide bonds. The van der Waals surface area contributed by atoms with Crippen molar-refractivity contribution < 1.29 is 4.74 Å². The second kappa shape index (κ2) is 8.68. The molecule has 1 rings (SSSR count). The first-order valence-corrected chi connectivity index (χ1v) is 7.68. The summed E-state index contributed by atoms with van der Waals surface area (Å²) in [5.41, 5.74) is 1.05. The molecule has 1 aromatic carbocycles. The maximum Gasteiger partial charge on any atom is 0.139 e. The van der Waals surface area contributed by atoms with Crippen LogP contribution in [0.2, 0.25) is 10.0 Å². The Labute approximate surface area is 126 Å². The van der Waals surface area contributed by atoms with E-state index in [1.807, 2.05) is 26.1 Å². The lowest BCUT2D eigenvalue weighted by Crippen LogP contribution is -2.17. The van der Waals surface area contributed by atoms with Gasteiger partial charge in [0.25, 0.3) is 0 Å². The van der Waals surface area contributed by atoms with Gasteiger partial charge in [-0.3, -0.25) is 0 Å². The van der Waals surface area contributed by atoms with Crippen molar-refractivity contribution in [3.05, 3.63) is 27.7 Å². The molecule has 0 radical (unpaired) electrons. The molecule has 0 aliphatic rings. The molecule has 0 aliphatic heterocycles. The van der Waals surface area contributed by atoms with E-state index in [-0.39, 0.29) is 6.04 Å². The van der Waals surface area contributed by atoms with E-state index in [1.165, 1.54) is 19.3 Å². The predicted molar refractivity (Wildman–Crippen MR) is 83.6 cm³/mol. The molecular weight excluding hydrogens is 281 g/mol. The van der Waals surface area contributed by atoms with Crippen LogP contribution >= 0.6 is 23.2 Å². The maximum absolute atomic E-state index is 6.34. The second-order valence-corrected chi connectivity index (χ2v) is 5.39. The van der Waals surface area contributed by atoms with Crippen molar-refractivity contribution in [2.75, 3.05) is 13.7 Å². The first-order chi connectivity index (χ1) is 9.13. The van der Waals surface area contributed by atoms with Crippen molar-refractivity contribution in [3.63, 3.8) is 0 Å². The van der Waals surface area contributed by atoms with E-state index in [0.29, 0.717) is 22.4 Å². The highest BCUT2D eigenvalue weighted by molar-refractivity contribution is 6.34. The van der Waals surface area contributed by atoms with Gasteiger partial charge in [0.1, 0.15) is 5.75 Å². The highest BCUT2D eigenvalue weighted by atomic mass is 35.5. The van der Waals surface area contributed by atoms with Gasteiger partial charge in [0, 0.05) is 17.1 Å². The smallest absolute Gasteiger partial charge is 0.139 e. The van der Waals surface area contributed by atoms with E-state index < -0.39 is 0 Å². The lowest BCUT2D eigenvalue weighted by Gasteiger charge is -2.19. The summed E-state index contributed by atoms with van der Waals surface area (Å²) >= 11 is 12.6. The molecule has 0 fully saturated rings. The topological polar surface area (TPSA) is 21.3 Å². The number of hydrogen-bond donors (Lipinski definition) is 1. The normalized spacial score (nSPS) is 12.5. The van der Waals surface area contributed by atoms with E-state index >= 15 is 0 Å². The average Bonchev–Trinajstić information content (AvgIpc) is 2.39. The van der Waals surface area contributed by atoms with Crippen LogP contribution in [0, 0.1) is 0 Å². The van der Waals surface area contributed by atoms with Crippen molar-refractivity contribution in [1.82, 2.24) is 5.32 Å². The molecule has 4 heteroatoms. The summed E-state index contributed by atoms with van der Waals surface area (Å²) in [5.74, 6) is 0.654. The molecule has 1 unspecified atom stereocenters. The Hall–Kier alpha value is -0.440. The minimum Gasteiger partial charge on any atom is -0.492 e. The van der Waals surface area contributed by atoms with Crippen LogP contribution in [-0.2, 0) is 0 Å². The van der Waals surface area contributed by atoms with Crippen LogP contribution < -0.4 is 10.1 Å². The molecule has 19 heavy (non-hydrogen) atoms. The highest BCUT2D eigenvalue weighted by Crippen LogP contribution is 2.35. The monoisotopic (exact) mass is 303 g/mol. The Kier molecular flexibility index (Phi) is 7.59. The number of halogens is 2. The number of nitrogens with one attached hydrogen (secondary N) is 1. The predicted octanol–water partition coefficient (Wildman–Crippen LogP) is 5.23.